The van der Waals surface area contributed by atoms with Crippen molar-refractivity contribution in [3.05, 3.63) is 29.8 Å². The second-order valence-corrected chi connectivity index (χ2v) is 9.20. The van der Waals surface area contributed by atoms with Crippen molar-refractivity contribution in [2.24, 2.45) is 0 Å². The topological polar surface area (TPSA) is 78.9 Å². The Balaban J connectivity index is 1.88. The van der Waals surface area contributed by atoms with Gasteiger partial charge in [-0.3, -0.25) is 0 Å². The molecule has 1 saturated heterocycles. The van der Waals surface area contributed by atoms with E-state index in [0.29, 0.717) is 19.0 Å². The lowest BCUT2D eigenvalue weighted by molar-refractivity contribution is 0.152. The number of hydrogen-bond donors (Lipinski definition) is 2. The number of unbranched alkanes of at least 4 members (excludes halogenated alkanes) is 3. The van der Waals surface area contributed by atoms with Crippen LogP contribution in [0.1, 0.15) is 56.9 Å². The summed E-state index contributed by atoms with van der Waals surface area (Å²) in [5.74, 6) is 6.77. The molecule has 1 heterocycles. The number of ether oxygens (including phenoxy) is 1. The summed E-state index contributed by atoms with van der Waals surface area (Å²) >= 11 is 0. The summed E-state index contributed by atoms with van der Waals surface area (Å²) in [4.78, 5) is 0. The van der Waals surface area contributed by atoms with Crippen molar-refractivity contribution < 1.29 is 18.4 Å². The third-order valence-electron chi connectivity index (χ3n) is 5.15. The van der Waals surface area contributed by atoms with E-state index in [1.54, 1.807) is 7.11 Å². The van der Waals surface area contributed by atoms with E-state index >= 15 is 0 Å². The van der Waals surface area contributed by atoms with Crippen molar-refractivity contribution in [1.82, 2.24) is 9.79 Å². The summed E-state index contributed by atoms with van der Waals surface area (Å²) in [7, 11) is -1.83. The Morgan fingerprint density at radius 3 is 2.50 bits per heavy atom. The number of sulfonamides is 1. The highest BCUT2D eigenvalue weighted by Crippen LogP contribution is 2.30. The maximum Gasteiger partial charge on any atom is 0.216 e. The molecule has 6 nitrogen and oxygen atoms in total. The number of hydrogen-bond acceptors (Lipinski definition) is 5. The SMILES string of the molecule is CCCCCC#CC(CS(=O)(=O)N1CCC(c2ccc(OC)cc2)CC1)NO. The highest BCUT2D eigenvalue weighted by molar-refractivity contribution is 7.89. The molecule has 0 amide bonds. The minimum Gasteiger partial charge on any atom is -0.497 e. The molecule has 0 saturated carbocycles. The number of benzene rings is 1. The molecule has 1 aliphatic rings. The minimum absolute atomic E-state index is 0.211. The molecule has 2 N–H and O–H groups in total. The molecule has 1 aromatic rings. The maximum atomic E-state index is 12.7. The third kappa shape index (κ3) is 6.78. The van der Waals surface area contributed by atoms with E-state index in [4.69, 9.17) is 4.74 Å². The molecule has 156 valence electrons. The predicted octanol–water partition coefficient (Wildman–Crippen LogP) is 3.14. The molecule has 2 rings (SSSR count). The van der Waals surface area contributed by atoms with Gasteiger partial charge in [0.1, 0.15) is 11.8 Å². The Morgan fingerprint density at radius 2 is 1.93 bits per heavy atom. The van der Waals surface area contributed by atoms with Crippen LogP contribution in [0.2, 0.25) is 0 Å². The number of nitrogens with zero attached hydrogens (tertiary/aromatic N) is 1. The second-order valence-electron chi connectivity index (χ2n) is 7.18. The molecule has 1 aromatic carbocycles. The van der Waals surface area contributed by atoms with E-state index in [1.807, 2.05) is 29.7 Å². The van der Waals surface area contributed by atoms with Crippen LogP contribution in [0.5, 0.6) is 5.75 Å². The average molecular weight is 409 g/mol. The Hall–Kier alpha value is -1.59. The molecule has 0 aromatic heterocycles. The average Bonchev–Trinajstić information content (AvgIpc) is 2.73. The van der Waals surface area contributed by atoms with E-state index in [9.17, 15) is 13.6 Å². The molecule has 1 unspecified atom stereocenters. The largest absolute Gasteiger partial charge is 0.497 e. The van der Waals surface area contributed by atoms with Crippen molar-refractivity contribution in [3.8, 4) is 17.6 Å². The lowest BCUT2D eigenvalue weighted by Crippen LogP contribution is -2.43. The fourth-order valence-electron chi connectivity index (χ4n) is 3.43. The first-order valence-electron chi connectivity index (χ1n) is 10.00. The minimum atomic E-state index is -3.47. The standard InChI is InChI=1S/C21H32N2O4S/c1-3-4-5-6-7-8-20(22-24)17-28(25,26)23-15-13-19(14-16-23)18-9-11-21(27-2)12-10-18/h9-12,19-20,22,24H,3-6,13-17H2,1-2H3. The van der Waals surface area contributed by atoms with Gasteiger partial charge in [0, 0.05) is 19.5 Å². The van der Waals surface area contributed by atoms with Crippen LogP contribution in [0.25, 0.3) is 0 Å². The smallest absolute Gasteiger partial charge is 0.216 e. The highest BCUT2D eigenvalue weighted by atomic mass is 32.2. The van der Waals surface area contributed by atoms with E-state index < -0.39 is 16.1 Å². The Labute approximate surface area is 169 Å². The van der Waals surface area contributed by atoms with Gasteiger partial charge in [0.25, 0.3) is 0 Å². The van der Waals surface area contributed by atoms with Crippen LogP contribution in [0.3, 0.4) is 0 Å². The predicted molar refractivity (Wildman–Crippen MR) is 111 cm³/mol. The van der Waals surface area contributed by atoms with Gasteiger partial charge in [-0.25, -0.2) is 12.7 Å². The summed E-state index contributed by atoms with van der Waals surface area (Å²) in [5, 5.41) is 9.28. The van der Waals surface area contributed by atoms with Crippen molar-refractivity contribution >= 4 is 10.0 Å². The van der Waals surface area contributed by atoms with Gasteiger partial charge in [0.15, 0.2) is 0 Å². The van der Waals surface area contributed by atoms with Gasteiger partial charge in [-0.1, -0.05) is 37.8 Å². The van der Waals surface area contributed by atoms with Gasteiger partial charge in [-0.05, 0) is 42.9 Å². The third-order valence-corrected chi connectivity index (χ3v) is 7.06. The fraction of sp³-hybridized carbons (Fsp3) is 0.619. The summed E-state index contributed by atoms with van der Waals surface area (Å²) < 4.78 is 32.1. The molecule has 1 aliphatic heterocycles. The van der Waals surface area contributed by atoms with Crippen LogP contribution in [0.15, 0.2) is 24.3 Å². The normalized spacial score (nSPS) is 17.0. The molecular formula is C21H32N2O4S. The van der Waals surface area contributed by atoms with E-state index in [1.165, 1.54) is 9.87 Å². The zero-order chi connectivity index (χ0) is 20.4. The maximum absolute atomic E-state index is 12.7. The monoisotopic (exact) mass is 408 g/mol. The highest BCUT2D eigenvalue weighted by Gasteiger charge is 2.30. The van der Waals surface area contributed by atoms with Crippen molar-refractivity contribution in [2.75, 3.05) is 26.0 Å². The van der Waals surface area contributed by atoms with Gasteiger partial charge >= 0.3 is 0 Å². The number of nitrogens with one attached hydrogen (secondary N) is 1. The molecule has 7 heteroatoms. The van der Waals surface area contributed by atoms with Crippen LogP contribution >= 0.6 is 0 Å². The molecule has 0 radical (unpaired) electrons. The van der Waals surface area contributed by atoms with E-state index in [-0.39, 0.29) is 5.75 Å². The van der Waals surface area contributed by atoms with Crippen LogP contribution in [0.4, 0.5) is 0 Å². The summed E-state index contributed by atoms with van der Waals surface area (Å²) in [5.41, 5.74) is 3.26. The van der Waals surface area contributed by atoms with Crippen LogP contribution in [-0.4, -0.2) is 49.9 Å². The first kappa shape index (κ1) is 22.7. The summed E-state index contributed by atoms with van der Waals surface area (Å²) in [6.07, 6.45) is 5.50. The Kier molecular flexibility index (Phi) is 9.26. The van der Waals surface area contributed by atoms with Gasteiger partial charge in [-0.2, -0.15) is 5.48 Å². The van der Waals surface area contributed by atoms with Gasteiger partial charge in [0.05, 0.1) is 12.9 Å². The number of methoxy groups -OCH3 is 1. The molecule has 1 atom stereocenters. The Morgan fingerprint density at radius 1 is 1.25 bits per heavy atom. The number of piperidine rings is 1. The first-order chi connectivity index (χ1) is 13.5. The zero-order valence-electron chi connectivity index (χ0n) is 16.9. The van der Waals surface area contributed by atoms with Crippen molar-refractivity contribution in [3.63, 3.8) is 0 Å². The van der Waals surface area contributed by atoms with Crippen LogP contribution in [0, 0.1) is 11.8 Å². The van der Waals surface area contributed by atoms with Gasteiger partial charge < -0.3 is 9.94 Å². The van der Waals surface area contributed by atoms with Crippen LogP contribution < -0.4 is 10.2 Å². The zero-order valence-corrected chi connectivity index (χ0v) is 17.7. The fourth-order valence-corrected chi connectivity index (χ4v) is 4.99. The lowest BCUT2D eigenvalue weighted by atomic mass is 9.90. The first-order valence-corrected chi connectivity index (χ1v) is 11.6. The summed E-state index contributed by atoms with van der Waals surface area (Å²) in [6.45, 7) is 3.10. The van der Waals surface area contributed by atoms with Gasteiger partial charge in [0.2, 0.25) is 10.0 Å². The van der Waals surface area contributed by atoms with Gasteiger partial charge in [-0.15, -0.1) is 5.92 Å². The number of hydroxylamine groups is 1. The molecular weight excluding hydrogens is 376 g/mol. The van der Waals surface area contributed by atoms with Crippen molar-refractivity contribution in [2.45, 2.75) is 57.4 Å². The molecule has 28 heavy (non-hydrogen) atoms. The van der Waals surface area contributed by atoms with Crippen LogP contribution in [-0.2, 0) is 10.0 Å². The molecule has 0 aliphatic carbocycles. The van der Waals surface area contributed by atoms with E-state index in [0.717, 1.165) is 44.3 Å². The lowest BCUT2D eigenvalue weighted by Gasteiger charge is -2.32. The summed E-state index contributed by atoms with van der Waals surface area (Å²) in [6, 6.07) is 7.22. The molecule has 1 fully saturated rings. The Bertz CT molecular complexity index is 745. The number of rotatable bonds is 9. The molecule has 0 bridgehead atoms. The van der Waals surface area contributed by atoms with E-state index in [2.05, 4.69) is 18.8 Å². The van der Waals surface area contributed by atoms with Crippen molar-refractivity contribution in [1.29, 1.82) is 0 Å². The second kappa shape index (κ2) is 11.4. The molecule has 0 spiro atoms. The quantitative estimate of drug-likeness (QED) is 0.373.